The Labute approximate surface area is 143 Å². The molecule has 0 saturated carbocycles. The number of anilines is 1. The van der Waals surface area contributed by atoms with Crippen LogP contribution in [0.25, 0.3) is 0 Å². The van der Waals surface area contributed by atoms with E-state index in [1.165, 1.54) is 5.56 Å². The van der Waals surface area contributed by atoms with Crippen LogP contribution in [0, 0.1) is 11.3 Å². The van der Waals surface area contributed by atoms with Gasteiger partial charge < -0.3 is 9.80 Å². The second-order valence-electron chi connectivity index (χ2n) is 6.28. The number of nitrogens with zero attached hydrogens (tertiary/aromatic N) is 5. The standard InChI is InChI=1S/C19H23N5/c1-23(19-17(15-20)3-2-9-22-19)18-7-13-24(14-8-18)12-6-16-4-10-21-11-5-16/h2-5,9-11,18H,6-8,12-14H2,1H3. The molecule has 1 aliphatic heterocycles. The average molecular weight is 321 g/mol. The number of nitriles is 1. The summed E-state index contributed by atoms with van der Waals surface area (Å²) in [5, 5.41) is 9.26. The summed E-state index contributed by atoms with van der Waals surface area (Å²) in [6, 6.07) is 10.5. The molecule has 0 spiro atoms. The van der Waals surface area contributed by atoms with E-state index in [4.69, 9.17) is 0 Å². The number of pyridine rings is 2. The zero-order valence-corrected chi connectivity index (χ0v) is 14.1. The van der Waals surface area contributed by atoms with Gasteiger partial charge in [0.05, 0.1) is 5.56 Å². The summed E-state index contributed by atoms with van der Waals surface area (Å²) >= 11 is 0. The average Bonchev–Trinajstić information content (AvgIpc) is 2.67. The minimum absolute atomic E-state index is 0.448. The van der Waals surface area contributed by atoms with Gasteiger partial charge in [-0.3, -0.25) is 4.98 Å². The van der Waals surface area contributed by atoms with E-state index in [1.54, 1.807) is 6.20 Å². The van der Waals surface area contributed by atoms with Crippen molar-refractivity contribution in [1.82, 2.24) is 14.9 Å². The molecule has 24 heavy (non-hydrogen) atoms. The highest BCUT2D eigenvalue weighted by Crippen LogP contribution is 2.23. The molecule has 1 fully saturated rings. The van der Waals surface area contributed by atoms with Gasteiger partial charge in [-0.25, -0.2) is 4.98 Å². The normalized spacial score (nSPS) is 15.8. The van der Waals surface area contributed by atoms with Gasteiger partial charge in [0.25, 0.3) is 0 Å². The number of rotatable bonds is 5. The molecule has 5 nitrogen and oxygen atoms in total. The summed E-state index contributed by atoms with van der Waals surface area (Å²) in [7, 11) is 2.06. The van der Waals surface area contributed by atoms with Gasteiger partial charge >= 0.3 is 0 Å². The van der Waals surface area contributed by atoms with Gasteiger partial charge in [0.15, 0.2) is 0 Å². The maximum absolute atomic E-state index is 9.26. The van der Waals surface area contributed by atoms with Crippen LogP contribution in [0.5, 0.6) is 0 Å². The van der Waals surface area contributed by atoms with Gasteiger partial charge in [0, 0.05) is 51.3 Å². The van der Waals surface area contributed by atoms with Crippen molar-refractivity contribution < 1.29 is 0 Å². The summed E-state index contributed by atoms with van der Waals surface area (Å²) in [6.07, 6.45) is 8.76. The minimum atomic E-state index is 0.448. The largest absolute Gasteiger partial charge is 0.356 e. The van der Waals surface area contributed by atoms with Crippen LogP contribution in [-0.4, -0.2) is 47.6 Å². The Kier molecular flexibility index (Phi) is 5.39. The van der Waals surface area contributed by atoms with Crippen LogP contribution in [-0.2, 0) is 6.42 Å². The molecule has 2 aromatic rings. The van der Waals surface area contributed by atoms with Gasteiger partial charge in [-0.15, -0.1) is 0 Å². The maximum Gasteiger partial charge on any atom is 0.146 e. The maximum atomic E-state index is 9.26. The second-order valence-corrected chi connectivity index (χ2v) is 6.28. The van der Waals surface area contributed by atoms with Crippen LogP contribution in [0.1, 0.15) is 24.0 Å². The summed E-state index contributed by atoms with van der Waals surface area (Å²) in [5.41, 5.74) is 2.00. The first kappa shape index (κ1) is 16.4. The predicted octanol–water partition coefficient (Wildman–Crippen LogP) is 2.49. The zero-order chi connectivity index (χ0) is 16.8. The van der Waals surface area contributed by atoms with Crippen LogP contribution >= 0.6 is 0 Å². The fourth-order valence-corrected chi connectivity index (χ4v) is 3.31. The van der Waals surface area contributed by atoms with Crippen molar-refractivity contribution in [2.75, 3.05) is 31.6 Å². The third-order valence-corrected chi connectivity index (χ3v) is 4.81. The lowest BCUT2D eigenvalue weighted by atomic mass is 10.0. The highest BCUT2D eigenvalue weighted by Gasteiger charge is 2.24. The Morgan fingerprint density at radius 3 is 2.67 bits per heavy atom. The van der Waals surface area contributed by atoms with E-state index in [0.29, 0.717) is 11.6 Å². The lowest BCUT2D eigenvalue weighted by Crippen LogP contribution is -2.44. The highest BCUT2D eigenvalue weighted by atomic mass is 15.2. The molecule has 0 amide bonds. The number of hydrogen-bond acceptors (Lipinski definition) is 5. The van der Waals surface area contributed by atoms with E-state index in [9.17, 15) is 5.26 Å². The van der Waals surface area contributed by atoms with E-state index in [1.807, 2.05) is 24.5 Å². The first-order valence-electron chi connectivity index (χ1n) is 8.47. The summed E-state index contributed by atoms with van der Waals surface area (Å²) in [5.74, 6) is 0.801. The lowest BCUT2D eigenvalue weighted by Gasteiger charge is -2.37. The van der Waals surface area contributed by atoms with Crippen molar-refractivity contribution in [2.45, 2.75) is 25.3 Å². The van der Waals surface area contributed by atoms with Crippen LogP contribution < -0.4 is 4.90 Å². The van der Waals surface area contributed by atoms with Crippen molar-refractivity contribution in [3.63, 3.8) is 0 Å². The molecule has 0 radical (unpaired) electrons. The van der Waals surface area contributed by atoms with Gasteiger partial charge in [0.1, 0.15) is 11.9 Å². The van der Waals surface area contributed by atoms with E-state index >= 15 is 0 Å². The van der Waals surface area contributed by atoms with Gasteiger partial charge in [-0.05, 0) is 49.1 Å². The Morgan fingerprint density at radius 1 is 1.21 bits per heavy atom. The summed E-state index contributed by atoms with van der Waals surface area (Å²) in [6.45, 7) is 3.27. The van der Waals surface area contributed by atoms with Gasteiger partial charge in [0.2, 0.25) is 0 Å². The van der Waals surface area contributed by atoms with E-state index in [0.717, 1.165) is 44.7 Å². The molecule has 1 aliphatic rings. The minimum Gasteiger partial charge on any atom is -0.356 e. The predicted molar refractivity (Wildman–Crippen MR) is 94.8 cm³/mol. The van der Waals surface area contributed by atoms with Crippen molar-refractivity contribution in [1.29, 1.82) is 5.26 Å². The molecular formula is C19H23N5. The Morgan fingerprint density at radius 2 is 1.96 bits per heavy atom. The van der Waals surface area contributed by atoms with Gasteiger partial charge in [-0.1, -0.05) is 0 Å². The molecule has 0 aliphatic carbocycles. The fraction of sp³-hybridized carbons (Fsp3) is 0.421. The molecular weight excluding hydrogens is 298 g/mol. The first-order chi connectivity index (χ1) is 11.8. The third kappa shape index (κ3) is 3.90. The summed E-state index contributed by atoms with van der Waals surface area (Å²) in [4.78, 5) is 13.2. The van der Waals surface area contributed by atoms with Crippen LogP contribution in [0.3, 0.4) is 0 Å². The molecule has 0 N–H and O–H groups in total. The number of aromatic nitrogens is 2. The molecule has 0 atom stereocenters. The van der Waals surface area contributed by atoms with Crippen LogP contribution in [0.4, 0.5) is 5.82 Å². The van der Waals surface area contributed by atoms with Crippen molar-refractivity contribution >= 4 is 5.82 Å². The smallest absolute Gasteiger partial charge is 0.146 e. The fourth-order valence-electron chi connectivity index (χ4n) is 3.31. The van der Waals surface area contributed by atoms with Crippen LogP contribution in [0.2, 0.25) is 0 Å². The van der Waals surface area contributed by atoms with E-state index < -0.39 is 0 Å². The number of hydrogen-bond donors (Lipinski definition) is 0. The molecule has 0 aromatic carbocycles. The highest BCUT2D eigenvalue weighted by molar-refractivity contribution is 5.53. The van der Waals surface area contributed by atoms with Gasteiger partial charge in [-0.2, -0.15) is 5.26 Å². The summed E-state index contributed by atoms with van der Waals surface area (Å²) < 4.78 is 0. The van der Waals surface area contributed by atoms with Crippen molar-refractivity contribution in [3.8, 4) is 6.07 Å². The molecule has 2 aromatic heterocycles. The Balaban J connectivity index is 1.52. The first-order valence-corrected chi connectivity index (χ1v) is 8.47. The third-order valence-electron chi connectivity index (χ3n) is 4.81. The molecule has 0 bridgehead atoms. The lowest BCUT2D eigenvalue weighted by molar-refractivity contribution is 0.213. The molecule has 0 unspecified atom stereocenters. The molecule has 5 heteroatoms. The SMILES string of the molecule is CN(c1ncccc1C#N)C1CCN(CCc2ccncc2)CC1. The topological polar surface area (TPSA) is 56.1 Å². The van der Waals surface area contributed by atoms with E-state index in [-0.39, 0.29) is 0 Å². The second kappa shape index (κ2) is 7.89. The number of piperidine rings is 1. The molecule has 3 heterocycles. The Bertz CT molecular complexity index is 686. The quantitative estimate of drug-likeness (QED) is 0.847. The van der Waals surface area contributed by atoms with Crippen molar-refractivity contribution in [2.24, 2.45) is 0 Å². The Hall–Kier alpha value is -2.45. The molecule has 3 rings (SSSR count). The zero-order valence-electron chi connectivity index (χ0n) is 14.1. The van der Waals surface area contributed by atoms with Crippen molar-refractivity contribution in [3.05, 3.63) is 54.0 Å². The number of likely N-dealkylation sites (tertiary alicyclic amines) is 1. The molecule has 124 valence electrons. The molecule has 1 saturated heterocycles. The monoisotopic (exact) mass is 321 g/mol. The van der Waals surface area contributed by atoms with Crippen LogP contribution in [0.15, 0.2) is 42.9 Å². The van der Waals surface area contributed by atoms with E-state index in [2.05, 4.69) is 45.0 Å².